The molecule has 0 radical (unpaired) electrons. The first-order valence-corrected chi connectivity index (χ1v) is 11.9. The fourth-order valence-corrected chi connectivity index (χ4v) is 6.04. The van der Waals surface area contributed by atoms with E-state index >= 15 is 0 Å². The van der Waals surface area contributed by atoms with Crippen molar-refractivity contribution in [3.8, 4) is 0 Å². The maximum Gasteiger partial charge on any atom is 0.104 e. The van der Waals surface area contributed by atoms with E-state index < -0.39 is 8.07 Å². The molecule has 1 aliphatic rings. The highest BCUT2D eigenvalue weighted by atomic mass is 28.3. The second-order valence-corrected chi connectivity index (χ2v) is 12.3. The van der Waals surface area contributed by atoms with Gasteiger partial charge in [-0.25, -0.2) is 0 Å². The summed E-state index contributed by atoms with van der Waals surface area (Å²) in [7, 11) is -1.53. The Labute approximate surface area is 147 Å². The minimum Gasteiger partial charge on any atom is -0.376 e. The second kappa shape index (κ2) is 6.70. The lowest BCUT2D eigenvalue weighted by Crippen LogP contribution is -2.39. The van der Waals surface area contributed by atoms with Crippen LogP contribution in [0.25, 0.3) is 0 Å². The van der Waals surface area contributed by atoms with Gasteiger partial charge in [0.1, 0.15) is 8.07 Å². The normalized spacial score (nSPS) is 21.0. The van der Waals surface area contributed by atoms with Crippen molar-refractivity contribution in [2.24, 2.45) is 11.3 Å². The number of hydrogen-bond donors (Lipinski definition) is 0. The molecule has 1 atom stereocenters. The van der Waals surface area contributed by atoms with E-state index in [0.29, 0.717) is 12.5 Å². The van der Waals surface area contributed by atoms with Crippen LogP contribution >= 0.6 is 0 Å². The molecule has 0 spiro atoms. The second-order valence-electron chi connectivity index (χ2n) is 7.96. The van der Waals surface area contributed by atoms with Gasteiger partial charge in [0.05, 0.1) is 13.2 Å². The van der Waals surface area contributed by atoms with Gasteiger partial charge in [0.2, 0.25) is 0 Å². The van der Waals surface area contributed by atoms with Crippen LogP contribution in [0, 0.1) is 11.3 Å². The first-order valence-electron chi connectivity index (χ1n) is 8.82. The Morgan fingerprint density at radius 2 is 1.54 bits per heavy atom. The summed E-state index contributed by atoms with van der Waals surface area (Å²) >= 11 is 0. The van der Waals surface area contributed by atoms with Crippen molar-refractivity contribution in [1.29, 1.82) is 0 Å². The minimum absolute atomic E-state index is 0.287. The smallest absolute Gasteiger partial charge is 0.104 e. The number of benzene rings is 2. The average Bonchev–Trinajstić information content (AvgIpc) is 3.08. The quantitative estimate of drug-likeness (QED) is 0.679. The lowest BCUT2D eigenvalue weighted by molar-refractivity contribution is 0.105. The van der Waals surface area contributed by atoms with E-state index in [1.165, 1.54) is 10.8 Å². The standard InChI is InChI=1S/C22H28OSi/c1-22(2)20(16-23-15-18-11-7-5-8-12-18)21(22)17-24(3,4)19-13-9-6-10-14-19/h5-14,17,20H,15-16H2,1-4H3/b21-17-. The largest absolute Gasteiger partial charge is 0.376 e. The van der Waals surface area contributed by atoms with Crippen molar-refractivity contribution < 1.29 is 4.74 Å². The molecule has 3 rings (SSSR count). The minimum atomic E-state index is -1.53. The van der Waals surface area contributed by atoms with Gasteiger partial charge in [-0.2, -0.15) is 0 Å². The summed E-state index contributed by atoms with van der Waals surface area (Å²) in [6.07, 6.45) is 0. The maximum atomic E-state index is 6.00. The zero-order chi connectivity index (χ0) is 17.2. The maximum absolute atomic E-state index is 6.00. The van der Waals surface area contributed by atoms with E-state index in [-0.39, 0.29) is 5.41 Å². The van der Waals surface area contributed by atoms with Crippen LogP contribution in [0.2, 0.25) is 13.1 Å². The van der Waals surface area contributed by atoms with Crippen LogP contribution in [-0.4, -0.2) is 14.7 Å². The lowest BCUT2D eigenvalue weighted by Gasteiger charge is -2.18. The molecule has 2 aromatic rings. The molecular formula is C22H28OSi. The Morgan fingerprint density at radius 3 is 2.17 bits per heavy atom. The topological polar surface area (TPSA) is 9.23 Å². The molecule has 0 heterocycles. The predicted octanol–water partition coefficient (Wildman–Crippen LogP) is 4.94. The van der Waals surface area contributed by atoms with Gasteiger partial charge in [-0.1, -0.05) is 104 Å². The van der Waals surface area contributed by atoms with Gasteiger partial charge in [0.15, 0.2) is 0 Å². The molecule has 126 valence electrons. The molecule has 0 aromatic heterocycles. The third-order valence-electron chi connectivity index (χ3n) is 5.34. The zero-order valence-corrected chi connectivity index (χ0v) is 16.3. The summed E-state index contributed by atoms with van der Waals surface area (Å²) in [4.78, 5) is 0. The molecule has 2 heteroatoms. The summed E-state index contributed by atoms with van der Waals surface area (Å²) < 4.78 is 6.00. The molecule has 1 aliphatic carbocycles. The van der Waals surface area contributed by atoms with E-state index in [9.17, 15) is 0 Å². The van der Waals surface area contributed by atoms with Crippen molar-refractivity contribution in [1.82, 2.24) is 0 Å². The van der Waals surface area contributed by atoms with Crippen molar-refractivity contribution in [2.45, 2.75) is 33.5 Å². The molecule has 24 heavy (non-hydrogen) atoms. The molecule has 0 amide bonds. The van der Waals surface area contributed by atoms with Gasteiger partial charge in [-0.05, 0) is 11.0 Å². The monoisotopic (exact) mass is 336 g/mol. The predicted molar refractivity (Wildman–Crippen MR) is 105 cm³/mol. The molecule has 0 aliphatic heterocycles. The number of hydrogen-bond acceptors (Lipinski definition) is 1. The molecule has 1 unspecified atom stereocenters. The van der Waals surface area contributed by atoms with Crippen LogP contribution in [-0.2, 0) is 11.3 Å². The molecule has 2 aromatic carbocycles. The van der Waals surface area contributed by atoms with Gasteiger partial charge in [-0.3, -0.25) is 0 Å². The van der Waals surface area contributed by atoms with Crippen LogP contribution in [0.5, 0.6) is 0 Å². The SMILES string of the molecule is CC1(C)/C(=C\[Si](C)(C)c2ccccc2)C1COCc1ccccc1. The summed E-state index contributed by atoms with van der Waals surface area (Å²) in [5.74, 6) is 0.566. The highest BCUT2D eigenvalue weighted by molar-refractivity contribution is 6.94. The van der Waals surface area contributed by atoms with Gasteiger partial charge < -0.3 is 4.74 Å². The average molecular weight is 337 g/mol. The molecule has 0 bridgehead atoms. The van der Waals surface area contributed by atoms with Crippen LogP contribution in [0.3, 0.4) is 0 Å². The van der Waals surface area contributed by atoms with Crippen LogP contribution < -0.4 is 5.19 Å². The molecule has 1 saturated carbocycles. The van der Waals surface area contributed by atoms with Crippen molar-refractivity contribution in [3.05, 3.63) is 77.5 Å². The first-order chi connectivity index (χ1) is 11.4. The zero-order valence-electron chi connectivity index (χ0n) is 15.3. The fraction of sp³-hybridized carbons (Fsp3) is 0.364. The number of ether oxygens (including phenoxy) is 1. The Morgan fingerprint density at radius 1 is 0.958 bits per heavy atom. The molecular weight excluding hydrogens is 308 g/mol. The van der Waals surface area contributed by atoms with Crippen molar-refractivity contribution in [3.63, 3.8) is 0 Å². The summed E-state index contributed by atoms with van der Waals surface area (Å²) in [6, 6.07) is 21.4. The first kappa shape index (κ1) is 17.2. The van der Waals surface area contributed by atoms with Crippen molar-refractivity contribution in [2.75, 3.05) is 6.61 Å². The highest BCUT2D eigenvalue weighted by Gasteiger charge is 2.52. The molecule has 1 nitrogen and oxygen atoms in total. The van der Waals surface area contributed by atoms with Crippen LogP contribution in [0.15, 0.2) is 71.9 Å². The van der Waals surface area contributed by atoms with Crippen LogP contribution in [0.4, 0.5) is 0 Å². The summed E-state index contributed by atoms with van der Waals surface area (Å²) in [5, 5.41) is 1.50. The molecule has 1 fully saturated rings. The Kier molecular flexibility index (Phi) is 4.80. The van der Waals surface area contributed by atoms with E-state index in [2.05, 4.69) is 87.2 Å². The Balaban J connectivity index is 1.64. The molecule has 0 N–H and O–H groups in total. The van der Waals surface area contributed by atoms with Gasteiger partial charge >= 0.3 is 0 Å². The van der Waals surface area contributed by atoms with Crippen molar-refractivity contribution >= 4 is 13.3 Å². The Bertz CT molecular complexity index is 701. The van der Waals surface area contributed by atoms with E-state index in [4.69, 9.17) is 4.74 Å². The van der Waals surface area contributed by atoms with E-state index in [1.807, 2.05) is 6.07 Å². The van der Waals surface area contributed by atoms with Gasteiger partial charge in [0, 0.05) is 5.92 Å². The number of rotatable bonds is 6. The van der Waals surface area contributed by atoms with E-state index in [1.54, 1.807) is 5.57 Å². The van der Waals surface area contributed by atoms with Gasteiger partial charge in [0.25, 0.3) is 0 Å². The Hall–Kier alpha value is -1.64. The summed E-state index contributed by atoms with van der Waals surface area (Å²) in [5.41, 5.74) is 5.73. The fourth-order valence-electron chi connectivity index (χ4n) is 3.47. The van der Waals surface area contributed by atoms with Crippen LogP contribution in [0.1, 0.15) is 19.4 Å². The highest BCUT2D eigenvalue weighted by Crippen LogP contribution is 2.58. The lowest BCUT2D eigenvalue weighted by atomic mass is 10.1. The van der Waals surface area contributed by atoms with Gasteiger partial charge in [-0.15, -0.1) is 0 Å². The third-order valence-corrected chi connectivity index (χ3v) is 8.19. The molecule has 0 saturated heterocycles. The summed E-state index contributed by atoms with van der Waals surface area (Å²) in [6.45, 7) is 11.1. The van der Waals surface area contributed by atoms with E-state index in [0.717, 1.165) is 6.61 Å². The third kappa shape index (κ3) is 3.71.